The standard InChI is InChI=1S/C19H22N4O2S/c1-10-12(3)23-25-18(10)15-8-21-14(5)22-17(15)6-7-20-19(24)16-9-26-13(4)11(16)2/h8-9H,6-7H2,1-5H3,(H,20,24). The molecule has 7 heteroatoms. The van der Waals surface area contributed by atoms with Crippen molar-refractivity contribution in [2.45, 2.75) is 41.0 Å². The molecule has 1 amide bonds. The van der Waals surface area contributed by atoms with Gasteiger partial charge in [-0.3, -0.25) is 4.79 Å². The Balaban J connectivity index is 1.76. The van der Waals surface area contributed by atoms with E-state index in [-0.39, 0.29) is 5.91 Å². The molecule has 0 saturated carbocycles. The number of thiophene rings is 1. The molecular weight excluding hydrogens is 348 g/mol. The zero-order valence-electron chi connectivity index (χ0n) is 15.6. The maximum absolute atomic E-state index is 12.4. The van der Waals surface area contributed by atoms with Crippen LogP contribution in [0.3, 0.4) is 0 Å². The van der Waals surface area contributed by atoms with Gasteiger partial charge in [0.05, 0.1) is 22.5 Å². The minimum atomic E-state index is -0.0501. The van der Waals surface area contributed by atoms with E-state index in [1.807, 2.05) is 40.0 Å². The summed E-state index contributed by atoms with van der Waals surface area (Å²) in [5, 5.41) is 8.90. The molecule has 3 rings (SSSR count). The summed E-state index contributed by atoms with van der Waals surface area (Å²) in [4.78, 5) is 22.4. The summed E-state index contributed by atoms with van der Waals surface area (Å²) in [6.45, 7) is 10.2. The topological polar surface area (TPSA) is 80.9 Å². The normalized spacial score (nSPS) is 11.0. The molecule has 1 N–H and O–H groups in total. The van der Waals surface area contributed by atoms with Crippen molar-refractivity contribution in [3.05, 3.63) is 50.4 Å². The highest BCUT2D eigenvalue weighted by Crippen LogP contribution is 2.27. The zero-order chi connectivity index (χ0) is 18.8. The van der Waals surface area contributed by atoms with Gasteiger partial charge in [-0.05, 0) is 40.2 Å². The fourth-order valence-electron chi connectivity index (χ4n) is 2.69. The molecule has 0 spiro atoms. The maximum Gasteiger partial charge on any atom is 0.252 e. The van der Waals surface area contributed by atoms with Crippen LogP contribution in [0, 0.1) is 34.6 Å². The molecule has 26 heavy (non-hydrogen) atoms. The molecule has 0 unspecified atom stereocenters. The number of hydrogen-bond acceptors (Lipinski definition) is 6. The van der Waals surface area contributed by atoms with Crippen LogP contribution in [0.15, 0.2) is 16.1 Å². The molecule has 0 radical (unpaired) electrons. The van der Waals surface area contributed by atoms with Crippen molar-refractivity contribution in [2.75, 3.05) is 6.54 Å². The van der Waals surface area contributed by atoms with Gasteiger partial charge < -0.3 is 9.84 Å². The number of aryl methyl sites for hydroxylation is 3. The summed E-state index contributed by atoms with van der Waals surface area (Å²) in [7, 11) is 0. The summed E-state index contributed by atoms with van der Waals surface area (Å²) in [6, 6.07) is 0. The van der Waals surface area contributed by atoms with E-state index in [0.717, 1.165) is 33.6 Å². The quantitative estimate of drug-likeness (QED) is 0.740. The highest BCUT2D eigenvalue weighted by Gasteiger charge is 2.17. The van der Waals surface area contributed by atoms with Gasteiger partial charge in [0.15, 0.2) is 5.76 Å². The Kier molecular flexibility index (Phi) is 5.18. The van der Waals surface area contributed by atoms with Crippen molar-refractivity contribution in [1.82, 2.24) is 20.4 Å². The van der Waals surface area contributed by atoms with Crippen molar-refractivity contribution in [3.8, 4) is 11.3 Å². The zero-order valence-corrected chi connectivity index (χ0v) is 16.5. The van der Waals surface area contributed by atoms with E-state index in [4.69, 9.17) is 4.52 Å². The van der Waals surface area contributed by atoms with Gasteiger partial charge in [-0.1, -0.05) is 5.16 Å². The minimum absolute atomic E-state index is 0.0501. The lowest BCUT2D eigenvalue weighted by Crippen LogP contribution is -2.26. The molecule has 0 aliphatic carbocycles. The first-order chi connectivity index (χ1) is 12.4. The summed E-state index contributed by atoms with van der Waals surface area (Å²) >= 11 is 1.59. The third-order valence-electron chi connectivity index (χ3n) is 4.57. The van der Waals surface area contributed by atoms with Gasteiger partial charge in [0, 0.05) is 35.0 Å². The molecule has 0 bridgehead atoms. The fraction of sp³-hybridized carbons (Fsp3) is 0.368. The lowest BCUT2D eigenvalue weighted by Gasteiger charge is -2.09. The largest absolute Gasteiger partial charge is 0.356 e. The summed E-state index contributed by atoms with van der Waals surface area (Å²) in [5.74, 6) is 1.33. The molecule has 0 atom stereocenters. The Morgan fingerprint density at radius 2 is 1.96 bits per heavy atom. The summed E-state index contributed by atoms with van der Waals surface area (Å²) in [6.07, 6.45) is 2.35. The van der Waals surface area contributed by atoms with Gasteiger partial charge in [-0.25, -0.2) is 9.97 Å². The van der Waals surface area contributed by atoms with Crippen LogP contribution in [0.4, 0.5) is 0 Å². The SMILES string of the molecule is Cc1ncc(-c2onc(C)c2C)c(CCNC(=O)c2csc(C)c2C)n1. The average molecular weight is 370 g/mol. The third kappa shape index (κ3) is 3.53. The first kappa shape index (κ1) is 18.3. The second-order valence-electron chi connectivity index (χ2n) is 6.34. The van der Waals surface area contributed by atoms with Crippen molar-refractivity contribution >= 4 is 17.2 Å². The van der Waals surface area contributed by atoms with Crippen LogP contribution >= 0.6 is 11.3 Å². The number of amides is 1. The van der Waals surface area contributed by atoms with E-state index in [9.17, 15) is 4.79 Å². The van der Waals surface area contributed by atoms with E-state index >= 15 is 0 Å². The number of nitrogens with zero attached hydrogens (tertiary/aromatic N) is 3. The summed E-state index contributed by atoms with van der Waals surface area (Å²) in [5.41, 5.74) is 5.28. The van der Waals surface area contributed by atoms with Gasteiger partial charge in [0.1, 0.15) is 5.82 Å². The number of rotatable bonds is 5. The van der Waals surface area contributed by atoms with Gasteiger partial charge in [-0.15, -0.1) is 11.3 Å². The highest BCUT2D eigenvalue weighted by molar-refractivity contribution is 7.10. The Labute approximate surface area is 156 Å². The minimum Gasteiger partial charge on any atom is -0.356 e. The molecular formula is C19H22N4O2S. The number of nitrogens with one attached hydrogen (secondary N) is 1. The van der Waals surface area contributed by atoms with Crippen LogP contribution < -0.4 is 5.32 Å². The molecule has 0 aliphatic heterocycles. The second kappa shape index (κ2) is 7.37. The molecule has 0 saturated heterocycles. The molecule has 3 aromatic rings. The number of carbonyl (C=O) groups excluding carboxylic acids is 1. The van der Waals surface area contributed by atoms with E-state index in [1.54, 1.807) is 17.5 Å². The van der Waals surface area contributed by atoms with Crippen molar-refractivity contribution in [2.24, 2.45) is 0 Å². The third-order valence-corrected chi connectivity index (χ3v) is 5.58. The molecule has 3 heterocycles. The molecule has 0 fully saturated rings. The van der Waals surface area contributed by atoms with Crippen molar-refractivity contribution in [3.63, 3.8) is 0 Å². The van der Waals surface area contributed by atoms with Gasteiger partial charge in [0.2, 0.25) is 0 Å². The van der Waals surface area contributed by atoms with E-state index in [0.29, 0.717) is 24.6 Å². The Bertz CT molecular complexity index is 959. The van der Waals surface area contributed by atoms with Gasteiger partial charge in [0.25, 0.3) is 5.91 Å². The van der Waals surface area contributed by atoms with Crippen molar-refractivity contribution in [1.29, 1.82) is 0 Å². The second-order valence-corrected chi connectivity index (χ2v) is 7.42. The molecule has 3 aromatic heterocycles. The van der Waals surface area contributed by atoms with E-state index in [2.05, 4.69) is 20.4 Å². The Morgan fingerprint density at radius 3 is 2.58 bits per heavy atom. The predicted molar refractivity (Wildman–Crippen MR) is 102 cm³/mol. The van der Waals surface area contributed by atoms with Crippen LogP contribution in [0.5, 0.6) is 0 Å². The van der Waals surface area contributed by atoms with Crippen LogP contribution in [-0.2, 0) is 6.42 Å². The lowest BCUT2D eigenvalue weighted by molar-refractivity contribution is 0.0954. The fourth-order valence-corrected chi connectivity index (χ4v) is 3.56. The average Bonchev–Trinajstić information content (AvgIpc) is 3.11. The Morgan fingerprint density at radius 1 is 1.19 bits per heavy atom. The molecule has 136 valence electrons. The first-order valence-corrected chi connectivity index (χ1v) is 9.35. The van der Waals surface area contributed by atoms with Crippen LogP contribution in [0.2, 0.25) is 0 Å². The van der Waals surface area contributed by atoms with E-state index < -0.39 is 0 Å². The van der Waals surface area contributed by atoms with Crippen LogP contribution in [0.25, 0.3) is 11.3 Å². The van der Waals surface area contributed by atoms with Crippen LogP contribution in [-0.4, -0.2) is 27.6 Å². The number of hydrogen-bond donors (Lipinski definition) is 1. The van der Waals surface area contributed by atoms with Gasteiger partial charge >= 0.3 is 0 Å². The van der Waals surface area contributed by atoms with Crippen molar-refractivity contribution < 1.29 is 9.32 Å². The molecule has 0 aliphatic rings. The monoisotopic (exact) mass is 370 g/mol. The Hall–Kier alpha value is -2.54. The highest BCUT2D eigenvalue weighted by atomic mass is 32.1. The van der Waals surface area contributed by atoms with E-state index in [1.165, 1.54) is 4.88 Å². The molecule has 6 nitrogen and oxygen atoms in total. The first-order valence-electron chi connectivity index (χ1n) is 8.47. The smallest absolute Gasteiger partial charge is 0.252 e. The summed E-state index contributed by atoms with van der Waals surface area (Å²) < 4.78 is 5.46. The lowest BCUT2D eigenvalue weighted by atomic mass is 10.1. The maximum atomic E-state index is 12.4. The number of carbonyl (C=O) groups is 1. The number of aromatic nitrogens is 3. The van der Waals surface area contributed by atoms with Crippen LogP contribution in [0.1, 0.15) is 43.6 Å². The molecule has 0 aromatic carbocycles. The predicted octanol–water partition coefficient (Wildman–Crippen LogP) is 3.71. The van der Waals surface area contributed by atoms with Gasteiger partial charge in [-0.2, -0.15) is 0 Å².